The molecule has 0 atom stereocenters. The highest BCUT2D eigenvalue weighted by Gasteiger charge is 2.35. The zero-order chi connectivity index (χ0) is 15.2. The Kier molecular flexibility index (Phi) is 2.86. The van der Waals surface area contributed by atoms with Gasteiger partial charge in [-0.2, -0.15) is 13.2 Å². The van der Waals surface area contributed by atoms with Crippen LogP contribution in [0.1, 0.15) is 11.4 Å². The van der Waals surface area contributed by atoms with Crippen LogP contribution in [-0.4, -0.2) is 9.97 Å². The molecule has 0 amide bonds. The van der Waals surface area contributed by atoms with Crippen LogP contribution in [0.15, 0.2) is 34.7 Å². The fourth-order valence-corrected chi connectivity index (χ4v) is 2.01. The molecule has 0 fully saturated rings. The number of nitrogens with two attached hydrogens (primary N) is 1. The van der Waals surface area contributed by atoms with Crippen LogP contribution in [0.5, 0.6) is 0 Å². The van der Waals surface area contributed by atoms with Crippen LogP contribution >= 0.6 is 0 Å². The third-order valence-electron chi connectivity index (χ3n) is 2.92. The molecule has 0 spiro atoms. The molecular weight excluding hydrogens is 283 g/mol. The topological polar surface area (TPSA) is 64.9 Å². The minimum absolute atomic E-state index is 0.00341. The zero-order valence-electron chi connectivity index (χ0n) is 10.9. The van der Waals surface area contributed by atoms with Crippen LogP contribution in [0.4, 0.5) is 19.0 Å². The van der Waals surface area contributed by atoms with E-state index in [9.17, 15) is 13.2 Å². The average Bonchev–Trinajstić information content (AvgIpc) is 2.80. The van der Waals surface area contributed by atoms with Gasteiger partial charge in [-0.1, -0.05) is 11.6 Å². The highest BCUT2D eigenvalue weighted by atomic mass is 19.4. The Morgan fingerprint density at radius 3 is 2.57 bits per heavy atom. The van der Waals surface area contributed by atoms with Gasteiger partial charge in [0, 0.05) is 11.5 Å². The van der Waals surface area contributed by atoms with E-state index in [0.717, 1.165) is 10.9 Å². The molecule has 2 heterocycles. The smallest absolute Gasteiger partial charge is 0.451 e. The Morgan fingerprint density at radius 2 is 1.86 bits per heavy atom. The molecule has 0 aliphatic heterocycles. The zero-order valence-corrected chi connectivity index (χ0v) is 10.9. The van der Waals surface area contributed by atoms with Crippen molar-refractivity contribution in [3.05, 3.63) is 41.7 Å². The van der Waals surface area contributed by atoms with Crippen molar-refractivity contribution in [2.45, 2.75) is 13.1 Å². The normalized spacial score (nSPS) is 12.0. The van der Waals surface area contributed by atoms with Crippen molar-refractivity contribution >= 4 is 16.8 Å². The van der Waals surface area contributed by atoms with Gasteiger partial charge in [-0.15, -0.1) is 0 Å². The summed E-state index contributed by atoms with van der Waals surface area (Å²) >= 11 is 0. The standard InChI is InChI=1S/C14H10F3N3O/c1-7-2-3-10-8(4-7)5-11(21-10)9-6-12(18)20-13(19-9)14(15,16)17/h2-6H,1H3,(H2,18,19,20). The number of hydrogen-bond acceptors (Lipinski definition) is 4. The summed E-state index contributed by atoms with van der Waals surface area (Å²) in [7, 11) is 0. The molecular formula is C14H10F3N3O. The van der Waals surface area contributed by atoms with Crippen molar-refractivity contribution in [3.63, 3.8) is 0 Å². The molecule has 0 saturated heterocycles. The van der Waals surface area contributed by atoms with Gasteiger partial charge in [0.05, 0.1) is 0 Å². The summed E-state index contributed by atoms with van der Waals surface area (Å²) in [5.41, 5.74) is 7.01. The Bertz CT molecular complexity index is 824. The van der Waals surface area contributed by atoms with Gasteiger partial charge in [0.1, 0.15) is 17.1 Å². The first-order valence-electron chi connectivity index (χ1n) is 6.05. The molecule has 2 N–H and O–H groups in total. The van der Waals surface area contributed by atoms with E-state index in [4.69, 9.17) is 10.2 Å². The van der Waals surface area contributed by atoms with Gasteiger partial charge >= 0.3 is 6.18 Å². The van der Waals surface area contributed by atoms with E-state index in [1.54, 1.807) is 12.1 Å². The molecule has 4 nitrogen and oxygen atoms in total. The van der Waals surface area contributed by atoms with Crippen LogP contribution in [-0.2, 0) is 6.18 Å². The number of aromatic nitrogens is 2. The second-order valence-corrected chi connectivity index (χ2v) is 4.65. The fourth-order valence-electron chi connectivity index (χ4n) is 2.01. The monoisotopic (exact) mass is 293 g/mol. The SMILES string of the molecule is Cc1ccc2oc(-c3cc(N)nc(C(F)(F)F)n3)cc2c1. The van der Waals surface area contributed by atoms with Gasteiger partial charge in [-0.3, -0.25) is 0 Å². The van der Waals surface area contributed by atoms with E-state index in [-0.39, 0.29) is 17.3 Å². The molecule has 0 saturated carbocycles. The van der Waals surface area contributed by atoms with Crippen LogP contribution in [0, 0.1) is 6.92 Å². The highest BCUT2D eigenvalue weighted by molar-refractivity contribution is 5.83. The number of nitrogen functional groups attached to an aromatic ring is 1. The lowest BCUT2D eigenvalue weighted by Gasteiger charge is -2.06. The van der Waals surface area contributed by atoms with Gasteiger partial charge in [-0.05, 0) is 25.1 Å². The maximum atomic E-state index is 12.7. The lowest BCUT2D eigenvalue weighted by molar-refractivity contribution is -0.144. The highest BCUT2D eigenvalue weighted by Crippen LogP contribution is 2.31. The molecule has 0 aliphatic carbocycles. The summed E-state index contributed by atoms with van der Waals surface area (Å²) in [6.07, 6.45) is -4.66. The summed E-state index contributed by atoms with van der Waals surface area (Å²) in [4.78, 5) is 6.68. The Labute approximate surface area is 117 Å². The molecule has 2 aromatic heterocycles. The van der Waals surface area contributed by atoms with E-state index < -0.39 is 12.0 Å². The van der Waals surface area contributed by atoms with Crippen molar-refractivity contribution in [1.29, 1.82) is 0 Å². The predicted octanol–water partition coefficient (Wildman–Crippen LogP) is 3.80. The van der Waals surface area contributed by atoms with Crippen molar-refractivity contribution in [2.75, 3.05) is 5.73 Å². The number of nitrogens with zero attached hydrogens (tertiary/aromatic N) is 2. The molecule has 3 rings (SSSR count). The number of alkyl halides is 3. The van der Waals surface area contributed by atoms with Crippen LogP contribution in [0.2, 0.25) is 0 Å². The second kappa shape index (κ2) is 4.47. The lowest BCUT2D eigenvalue weighted by atomic mass is 10.2. The third kappa shape index (κ3) is 2.54. The number of aryl methyl sites for hydroxylation is 1. The Balaban J connectivity index is 2.16. The molecule has 7 heteroatoms. The molecule has 21 heavy (non-hydrogen) atoms. The number of furan rings is 1. The van der Waals surface area contributed by atoms with Gasteiger partial charge in [-0.25, -0.2) is 9.97 Å². The minimum Gasteiger partial charge on any atom is -0.454 e. The number of hydrogen-bond donors (Lipinski definition) is 1. The summed E-state index contributed by atoms with van der Waals surface area (Å²) in [6.45, 7) is 1.91. The Morgan fingerprint density at radius 1 is 1.10 bits per heavy atom. The Hall–Kier alpha value is -2.57. The first kappa shape index (κ1) is 13.4. The number of fused-ring (bicyclic) bond motifs is 1. The van der Waals surface area contributed by atoms with Crippen LogP contribution < -0.4 is 5.73 Å². The molecule has 3 aromatic rings. The summed E-state index contributed by atoms with van der Waals surface area (Å²) < 4.78 is 43.6. The van der Waals surface area contributed by atoms with Crippen molar-refractivity contribution in [3.8, 4) is 11.5 Å². The lowest BCUT2D eigenvalue weighted by Crippen LogP contribution is -2.12. The molecule has 0 radical (unpaired) electrons. The van der Waals surface area contributed by atoms with Gasteiger partial charge in [0.15, 0.2) is 5.76 Å². The number of benzene rings is 1. The molecule has 0 unspecified atom stereocenters. The molecule has 108 valence electrons. The maximum absolute atomic E-state index is 12.7. The molecule has 1 aromatic carbocycles. The maximum Gasteiger partial charge on any atom is 0.451 e. The van der Waals surface area contributed by atoms with E-state index in [1.165, 1.54) is 6.07 Å². The fraction of sp³-hybridized carbons (Fsp3) is 0.143. The average molecular weight is 293 g/mol. The first-order chi connectivity index (χ1) is 9.83. The van der Waals surface area contributed by atoms with Gasteiger partial charge in [0.25, 0.3) is 0 Å². The minimum atomic E-state index is -4.66. The van der Waals surface area contributed by atoms with E-state index in [1.807, 2.05) is 19.1 Å². The first-order valence-corrected chi connectivity index (χ1v) is 6.05. The molecule has 0 aliphatic rings. The largest absolute Gasteiger partial charge is 0.454 e. The van der Waals surface area contributed by atoms with E-state index in [2.05, 4.69) is 9.97 Å². The quantitative estimate of drug-likeness (QED) is 0.741. The van der Waals surface area contributed by atoms with Gasteiger partial charge < -0.3 is 10.2 Å². The number of anilines is 1. The van der Waals surface area contributed by atoms with Crippen LogP contribution in [0.25, 0.3) is 22.4 Å². The van der Waals surface area contributed by atoms with E-state index in [0.29, 0.717) is 5.58 Å². The van der Waals surface area contributed by atoms with Crippen molar-refractivity contribution in [1.82, 2.24) is 9.97 Å². The number of halogens is 3. The summed E-state index contributed by atoms with van der Waals surface area (Å²) in [5.74, 6) is -1.33. The van der Waals surface area contributed by atoms with Crippen molar-refractivity contribution in [2.24, 2.45) is 0 Å². The van der Waals surface area contributed by atoms with E-state index >= 15 is 0 Å². The van der Waals surface area contributed by atoms with Crippen LogP contribution in [0.3, 0.4) is 0 Å². The van der Waals surface area contributed by atoms with Gasteiger partial charge in [0.2, 0.25) is 5.82 Å². The summed E-state index contributed by atoms with van der Waals surface area (Å²) in [5, 5.41) is 0.788. The molecule has 0 bridgehead atoms. The predicted molar refractivity (Wildman–Crippen MR) is 71.4 cm³/mol. The number of rotatable bonds is 1. The second-order valence-electron chi connectivity index (χ2n) is 4.65. The van der Waals surface area contributed by atoms with Crippen molar-refractivity contribution < 1.29 is 17.6 Å². The summed E-state index contributed by atoms with van der Waals surface area (Å²) in [6, 6.07) is 8.36. The third-order valence-corrected chi connectivity index (χ3v) is 2.92.